The number of benzene rings is 2. The Hall–Kier alpha value is -1.89. The van der Waals surface area contributed by atoms with Crippen molar-refractivity contribution in [2.45, 2.75) is 30.6 Å². The van der Waals surface area contributed by atoms with Gasteiger partial charge in [0.1, 0.15) is 11.4 Å². The minimum atomic E-state index is -3.41. The number of sulfonamides is 1. The number of para-hydroxylation sites is 1. The van der Waals surface area contributed by atoms with Gasteiger partial charge < -0.3 is 4.74 Å². The van der Waals surface area contributed by atoms with Gasteiger partial charge in [-0.25, -0.2) is 12.7 Å². The number of hydrogen-bond acceptors (Lipinski definition) is 4. The molecule has 1 fully saturated rings. The lowest BCUT2D eigenvalue weighted by atomic mass is 9.83. The lowest BCUT2D eigenvalue weighted by molar-refractivity contribution is 0.00597. The van der Waals surface area contributed by atoms with Crippen LogP contribution in [0.5, 0.6) is 5.75 Å². The molecule has 2 aliphatic heterocycles. The van der Waals surface area contributed by atoms with E-state index in [-0.39, 0.29) is 18.0 Å². The van der Waals surface area contributed by atoms with E-state index in [1.807, 2.05) is 30.3 Å². The molecule has 2 aromatic rings. The Balaban J connectivity index is 1.49. The highest BCUT2D eigenvalue weighted by molar-refractivity contribution is 7.88. The molecule has 0 bridgehead atoms. The number of nitrogens with zero attached hydrogens (tertiary/aromatic N) is 1. The van der Waals surface area contributed by atoms with E-state index in [1.165, 1.54) is 4.31 Å². The van der Waals surface area contributed by atoms with Crippen LogP contribution in [-0.2, 0) is 15.8 Å². The maximum absolute atomic E-state index is 12.7. The average molecular weight is 406 g/mol. The Bertz CT molecular complexity index is 967. The quantitative estimate of drug-likeness (QED) is 0.781. The molecule has 27 heavy (non-hydrogen) atoms. The smallest absolute Gasteiger partial charge is 0.218 e. The summed E-state index contributed by atoms with van der Waals surface area (Å²) in [4.78, 5) is 12.6. The lowest BCUT2D eigenvalue weighted by Gasteiger charge is -2.43. The first-order valence-corrected chi connectivity index (χ1v) is 10.9. The largest absolute Gasteiger partial charge is 0.484 e. The van der Waals surface area contributed by atoms with E-state index in [9.17, 15) is 13.2 Å². The van der Waals surface area contributed by atoms with Gasteiger partial charge in [-0.15, -0.1) is 0 Å². The van der Waals surface area contributed by atoms with Crippen LogP contribution in [0.15, 0.2) is 48.5 Å². The minimum Gasteiger partial charge on any atom is -0.484 e. The number of carbonyl (C=O) groups excluding carboxylic acids is 1. The number of halogens is 1. The van der Waals surface area contributed by atoms with Crippen LogP contribution in [0.1, 0.15) is 35.2 Å². The summed E-state index contributed by atoms with van der Waals surface area (Å²) in [6.07, 6.45) is 1.20. The fraction of sp³-hybridized carbons (Fsp3) is 0.350. The van der Waals surface area contributed by atoms with Crippen LogP contribution in [0, 0.1) is 0 Å². The van der Waals surface area contributed by atoms with Gasteiger partial charge in [-0.05, 0) is 17.7 Å². The molecule has 7 heteroatoms. The first kappa shape index (κ1) is 18.5. The summed E-state index contributed by atoms with van der Waals surface area (Å²) in [7, 11) is -3.41. The molecule has 0 saturated carbocycles. The van der Waals surface area contributed by atoms with Crippen molar-refractivity contribution in [2.24, 2.45) is 0 Å². The van der Waals surface area contributed by atoms with Gasteiger partial charge in [-0.1, -0.05) is 48.0 Å². The zero-order valence-corrected chi connectivity index (χ0v) is 16.3. The van der Waals surface area contributed by atoms with E-state index in [4.69, 9.17) is 16.3 Å². The normalized spacial score (nSPS) is 19.5. The molecule has 0 atom stereocenters. The topological polar surface area (TPSA) is 63.7 Å². The van der Waals surface area contributed by atoms with E-state index in [0.717, 1.165) is 5.56 Å². The standard InChI is InChI=1S/C20H20ClNO4S/c21-17-8-4-7-16-18(23)13-20(26-19(16)17)9-11-22(12-10-20)27(24,25)14-15-5-2-1-3-6-15/h1-8H,9-14H2. The Labute approximate surface area is 163 Å². The van der Waals surface area contributed by atoms with Crippen LogP contribution in [-0.4, -0.2) is 37.2 Å². The molecule has 1 saturated heterocycles. The maximum atomic E-state index is 12.7. The molecule has 2 heterocycles. The van der Waals surface area contributed by atoms with Crippen molar-refractivity contribution in [3.05, 3.63) is 64.7 Å². The van der Waals surface area contributed by atoms with Crippen LogP contribution < -0.4 is 4.74 Å². The van der Waals surface area contributed by atoms with E-state index in [1.54, 1.807) is 18.2 Å². The number of fused-ring (bicyclic) bond motifs is 1. The van der Waals surface area contributed by atoms with E-state index >= 15 is 0 Å². The summed E-state index contributed by atoms with van der Waals surface area (Å²) in [5.74, 6) is 0.408. The average Bonchev–Trinajstić information content (AvgIpc) is 2.64. The summed E-state index contributed by atoms with van der Waals surface area (Å²) in [6, 6.07) is 14.3. The highest BCUT2D eigenvalue weighted by Gasteiger charge is 2.45. The Morgan fingerprint density at radius 1 is 1.04 bits per heavy atom. The summed E-state index contributed by atoms with van der Waals surface area (Å²) in [5.41, 5.74) is 0.600. The third kappa shape index (κ3) is 3.61. The second kappa shape index (κ2) is 6.93. The van der Waals surface area contributed by atoms with Crippen LogP contribution in [0.25, 0.3) is 0 Å². The highest BCUT2D eigenvalue weighted by Crippen LogP contribution is 2.43. The fourth-order valence-electron chi connectivity index (χ4n) is 3.80. The SMILES string of the molecule is O=C1CC2(CCN(S(=O)(=O)Cc3ccccc3)CC2)Oc2c(Cl)cccc21. The van der Waals surface area contributed by atoms with Gasteiger partial charge in [0.2, 0.25) is 10.0 Å². The molecule has 0 unspecified atom stereocenters. The van der Waals surface area contributed by atoms with Crippen LogP contribution >= 0.6 is 11.6 Å². The third-order valence-electron chi connectivity index (χ3n) is 5.29. The lowest BCUT2D eigenvalue weighted by Crippen LogP contribution is -2.52. The predicted octanol–water partition coefficient (Wildman–Crippen LogP) is 3.67. The first-order chi connectivity index (χ1) is 12.9. The molecular formula is C20H20ClNO4S. The fourth-order valence-corrected chi connectivity index (χ4v) is 5.55. The van der Waals surface area contributed by atoms with Gasteiger partial charge in [-0.3, -0.25) is 4.79 Å². The Morgan fingerprint density at radius 2 is 1.74 bits per heavy atom. The Morgan fingerprint density at radius 3 is 2.44 bits per heavy atom. The molecule has 0 amide bonds. The summed E-state index contributed by atoms with van der Waals surface area (Å²) in [5, 5.41) is 0.416. The second-order valence-electron chi connectivity index (χ2n) is 7.14. The maximum Gasteiger partial charge on any atom is 0.218 e. The van der Waals surface area contributed by atoms with Crippen molar-refractivity contribution in [1.29, 1.82) is 0 Å². The van der Waals surface area contributed by atoms with Gasteiger partial charge >= 0.3 is 0 Å². The molecule has 0 aliphatic carbocycles. The molecule has 0 radical (unpaired) electrons. The molecule has 0 N–H and O–H groups in total. The zero-order chi connectivity index (χ0) is 19.1. The van der Waals surface area contributed by atoms with Crippen LogP contribution in [0.2, 0.25) is 5.02 Å². The van der Waals surface area contributed by atoms with Crippen molar-refractivity contribution >= 4 is 27.4 Å². The minimum absolute atomic E-state index is 0.000609. The molecule has 5 nitrogen and oxygen atoms in total. The summed E-state index contributed by atoms with van der Waals surface area (Å²) < 4.78 is 33.1. The van der Waals surface area contributed by atoms with Gasteiger partial charge in [-0.2, -0.15) is 0 Å². The molecule has 4 rings (SSSR count). The number of ketones is 1. The number of Topliss-reactive ketones (excluding diaryl/α,β-unsaturated/α-hetero) is 1. The van der Waals surface area contributed by atoms with Crippen LogP contribution in [0.4, 0.5) is 0 Å². The highest BCUT2D eigenvalue weighted by atomic mass is 35.5. The van der Waals surface area contributed by atoms with Gasteiger partial charge in [0.15, 0.2) is 5.78 Å². The number of rotatable bonds is 3. The summed E-state index contributed by atoms with van der Waals surface area (Å²) >= 11 is 6.22. The van der Waals surface area contributed by atoms with Crippen molar-refractivity contribution < 1.29 is 17.9 Å². The number of piperidine rings is 1. The molecule has 0 aromatic heterocycles. The molecular weight excluding hydrogens is 386 g/mol. The number of hydrogen-bond donors (Lipinski definition) is 0. The van der Waals surface area contributed by atoms with Crippen molar-refractivity contribution in [1.82, 2.24) is 4.31 Å². The zero-order valence-electron chi connectivity index (χ0n) is 14.7. The van der Waals surface area contributed by atoms with E-state index in [2.05, 4.69) is 0 Å². The second-order valence-corrected chi connectivity index (χ2v) is 9.52. The molecule has 2 aliphatic rings. The number of ether oxygens (including phenoxy) is 1. The van der Waals surface area contributed by atoms with Gasteiger partial charge in [0.25, 0.3) is 0 Å². The predicted molar refractivity (Wildman–Crippen MR) is 104 cm³/mol. The van der Waals surface area contributed by atoms with Gasteiger partial charge in [0, 0.05) is 25.9 Å². The third-order valence-corrected chi connectivity index (χ3v) is 7.44. The monoisotopic (exact) mass is 405 g/mol. The number of carbonyl (C=O) groups is 1. The molecule has 142 valence electrons. The Kier molecular flexibility index (Phi) is 4.74. The van der Waals surface area contributed by atoms with Gasteiger partial charge in [0.05, 0.1) is 22.8 Å². The molecule has 2 aromatic carbocycles. The van der Waals surface area contributed by atoms with Crippen molar-refractivity contribution in [2.75, 3.05) is 13.1 Å². The van der Waals surface area contributed by atoms with Crippen molar-refractivity contribution in [3.8, 4) is 5.75 Å². The van der Waals surface area contributed by atoms with E-state index < -0.39 is 15.6 Å². The van der Waals surface area contributed by atoms with Crippen molar-refractivity contribution in [3.63, 3.8) is 0 Å². The van der Waals surface area contributed by atoms with Crippen LogP contribution in [0.3, 0.4) is 0 Å². The van der Waals surface area contributed by atoms with E-state index in [0.29, 0.717) is 42.3 Å². The summed E-state index contributed by atoms with van der Waals surface area (Å²) in [6.45, 7) is 0.671. The first-order valence-electron chi connectivity index (χ1n) is 8.91. The molecule has 1 spiro atoms.